The number of methoxy groups -OCH3 is 2. The minimum atomic E-state index is -3.75. The molecule has 162 valence electrons. The van der Waals surface area contributed by atoms with E-state index in [1.165, 1.54) is 19.2 Å². The van der Waals surface area contributed by atoms with E-state index < -0.39 is 10.0 Å². The zero-order valence-corrected chi connectivity index (χ0v) is 18.3. The molecule has 0 aliphatic carbocycles. The van der Waals surface area contributed by atoms with E-state index in [-0.39, 0.29) is 16.8 Å². The highest BCUT2D eigenvalue weighted by atomic mass is 32.2. The van der Waals surface area contributed by atoms with Crippen molar-refractivity contribution in [3.05, 3.63) is 83.9 Å². The zero-order chi connectivity index (χ0) is 22.4. The first-order chi connectivity index (χ1) is 14.8. The summed E-state index contributed by atoms with van der Waals surface area (Å²) in [7, 11) is -0.639. The number of rotatable bonds is 8. The van der Waals surface area contributed by atoms with Crippen molar-refractivity contribution in [3.8, 4) is 11.5 Å². The Morgan fingerprint density at radius 2 is 1.32 bits per heavy atom. The summed E-state index contributed by atoms with van der Waals surface area (Å²) in [6, 6.07) is 19.6. The largest absolute Gasteiger partial charge is 0.497 e. The molecular formula is C23H24N2O5S. The first kappa shape index (κ1) is 22.2. The van der Waals surface area contributed by atoms with Gasteiger partial charge in [0.15, 0.2) is 0 Å². The highest BCUT2D eigenvalue weighted by Crippen LogP contribution is 2.21. The maximum Gasteiger partial charge on any atom is 0.261 e. The first-order valence-corrected chi connectivity index (χ1v) is 11.0. The third kappa shape index (κ3) is 5.55. The maximum absolute atomic E-state index is 12.5. The van der Waals surface area contributed by atoms with Crippen LogP contribution in [0.15, 0.2) is 77.7 Å². The second-order valence-corrected chi connectivity index (χ2v) is 8.51. The molecule has 0 aliphatic heterocycles. The van der Waals surface area contributed by atoms with E-state index in [9.17, 15) is 13.2 Å². The van der Waals surface area contributed by atoms with E-state index in [1.54, 1.807) is 43.5 Å². The highest BCUT2D eigenvalue weighted by molar-refractivity contribution is 7.92. The SMILES string of the molecule is COc1ccc(C(C)NC(=O)c2ccc(NS(=O)(=O)c3ccc(OC)cc3)cc2)cc1. The van der Waals surface area contributed by atoms with Crippen LogP contribution in [0.4, 0.5) is 5.69 Å². The zero-order valence-electron chi connectivity index (χ0n) is 17.5. The van der Waals surface area contributed by atoms with Crippen molar-refractivity contribution in [2.75, 3.05) is 18.9 Å². The Hall–Kier alpha value is -3.52. The number of carbonyl (C=O) groups excluding carboxylic acids is 1. The number of ether oxygens (including phenoxy) is 2. The molecule has 0 heterocycles. The fourth-order valence-corrected chi connectivity index (χ4v) is 3.97. The molecule has 0 saturated carbocycles. The van der Waals surface area contributed by atoms with Gasteiger partial charge in [0.1, 0.15) is 11.5 Å². The van der Waals surface area contributed by atoms with Crippen molar-refractivity contribution in [1.82, 2.24) is 5.32 Å². The summed E-state index contributed by atoms with van der Waals surface area (Å²) in [4.78, 5) is 12.7. The quantitative estimate of drug-likeness (QED) is 0.552. The number of sulfonamides is 1. The fourth-order valence-electron chi connectivity index (χ4n) is 2.91. The summed E-state index contributed by atoms with van der Waals surface area (Å²) in [6.45, 7) is 1.89. The van der Waals surface area contributed by atoms with E-state index in [4.69, 9.17) is 9.47 Å². The van der Waals surface area contributed by atoms with Crippen LogP contribution in [0.3, 0.4) is 0 Å². The highest BCUT2D eigenvalue weighted by Gasteiger charge is 2.15. The van der Waals surface area contributed by atoms with Gasteiger partial charge in [0.05, 0.1) is 25.2 Å². The van der Waals surface area contributed by atoms with Gasteiger partial charge in [0, 0.05) is 11.3 Å². The van der Waals surface area contributed by atoms with E-state index >= 15 is 0 Å². The summed E-state index contributed by atoms with van der Waals surface area (Å²) < 4.78 is 37.7. The van der Waals surface area contributed by atoms with Gasteiger partial charge in [-0.25, -0.2) is 8.42 Å². The average molecular weight is 441 g/mol. The van der Waals surface area contributed by atoms with Gasteiger partial charge >= 0.3 is 0 Å². The monoisotopic (exact) mass is 440 g/mol. The van der Waals surface area contributed by atoms with E-state index in [0.717, 1.165) is 11.3 Å². The van der Waals surface area contributed by atoms with Crippen LogP contribution in [0.25, 0.3) is 0 Å². The molecule has 31 heavy (non-hydrogen) atoms. The van der Waals surface area contributed by atoms with Crippen molar-refractivity contribution in [3.63, 3.8) is 0 Å². The van der Waals surface area contributed by atoms with E-state index in [1.807, 2.05) is 31.2 Å². The lowest BCUT2D eigenvalue weighted by atomic mass is 10.1. The molecule has 7 nitrogen and oxygen atoms in total. The van der Waals surface area contributed by atoms with Crippen molar-refractivity contribution in [2.45, 2.75) is 17.9 Å². The van der Waals surface area contributed by atoms with Gasteiger partial charge in [-0.2, -0.15) is 0 Å². The summed E-state index contributed by atoms with van der Waals surface area (Å²) in [5.74, 6) is 1.06. The first-order valence-electron chi connectivity index (χ1n) is 9.54. The molecule has 0 aliphatic rings. The average Bonchev–Trinajstić information content (AvgIpc) is 2.79. The van der Waals surface area contributed by atoms with Gasteiger partial charge in [-0.15, -0.1) is 0 Å². The molecule has 2 N–H and O–H groups in total. The van der Waals surface area contributed by atoms with Crippen molar-refractivity contribution in [2.24, 2.45) is 0 Å². The van der Waals surface area contributed by atoms with Crippen LogP contribution < -0.4 is 19.5 Å². The van der Waals surface area contributed by atoms with Crippen molar-refractivity contribution < 1.29 is 22.7 Å². The van der Waals surface area contributed by atoms with Gasteiger partial charge in [-0.05, 0) is 73.2 Å². The standard InChI is InChI=1S/C23H24N2O5S/c1-16(17-6-10-20(29-2)11-7-17)24-23(26)18-4-8-19(9-5-18)25-31(27,28)22-14-12-21(30-3)13-15-22/h4-16,25H,1-3H3,(H,24,26). The molecule has 0 fully saturated rings. The Labute approximate surface area is 182 Å². The number of benzene rings is 3. The van der Waals surface area contributed by atoms with Gasteiger partial charge in [0.2, 0.25) is 0 Å². The fraction of sp³-hybridized carbons (Fsp3) is 0.174. The molecule has 3 aromatic carbocycles. The number of hydrogen-bond acceptors (Lipinski definition) is 5. The third-order valence-corrected chi connectivity index (χ3v) is 6.13. The Morgan fingerprint density at radius 1 is 0.806 bits per heavy atom. The second-order valence-electron chi connectivity index (χ2n) is 6.83. The number of anilines is 1. The summed E-state index contributed by atoms with van der Waals surface area (Å²) in [5.41, 5.74) is 1.72. The molecule has 1 atom stereocenters. The topological polar surface area (TPSA) is 93.7 Å². The number of carbonyl (C=O) groups is 1. The van der Waals surface area contributed by atoms with Crippen LogP contribution in [0, 0.1) is 0 Å². The van der Waals surface area contributed by atoms with Crippen LogP contribution in [0.5, 0.6) is 11.5 Å². The molecule has 1 amide bonds. The molecule has 1 unspecified atom stereocenters. The predicted octanol–water partition coefficient (Wildman–Crippen LogP) is 4.00. The summed E-state index contributed by atoms with van der Waals surface area (Å²) in [6.07, 6.45) is 0. The van der Waals surface area contributed by atoms with Crippen LogP contribution in [-0.4, -0.2) is 28.5 Å². The van der Waals surface area contributed by atoms with Crippen molar-refractivity contribution >= 4 is 21.6 Å². The molecule has 0 radical (unpaired) electrons. The third-order valence-electron chi connectivity index (χ3n) is 4.73. The number of hydrogen-bond donors (Lipinski definition) is 2. The van der Waals surface area contributed by atoms with Gasteiger partial charge in [-0.1, -0.05) is 12.1 Å². The Bertz CT molecular complexity index is 1130. The molecule has 0 bridgehead atoms. The van der Waals surface area contributed by atoms with E-state index in [2.05, 4.69) is 10.0 Å². The van der Waals surface area contributed by atoms with Crippen LogP contribution in [-0.2, 0) is 10.0 Å². The van der Waals surface area contributed by atoms with Gasteiger partial charge in [-0.3, -0.25) is 9.52 Å². The molecule has 0 aromatic heterocycles. The number of nitrogens with one attached hydrogen (secondary N) is 2. The minimum absolute atomic E-state index is 0.114. The Balaban J connectivity index is 1.65. The van der Waals surface area contributed by atoms with Crippen LogP contribution >= 0.6 is 0 Å². The van der Waals surface area contributed by atoms with Crippen LogP contribution in [0.1, 0.15) is 28.9 Å². The maximum atomic E-state index is 12.5. The molecule has 8 heteroatoms. The summed E-state index contributed by atoms with van der Waals surface area (Å²) >= 11 is 0. The molecule has 0 saturated heterocycles. The van der Waals surface area contributed by atoms with Gasteiger partial charge in [0.25, 0.3) is 15.9 Å². The normalized spacial score (nSPS) is 12.0. The van der Waals surface area contributed by atoms with E-state index in [0.29, 0.717) is 17.0 Å². The Kier molecular flexibility index (Phi) is 6.81. The van der Waals surface area contributed by atoms with Crippen LogP contribution in [0.2, 0.25) is 0 Å². The molecule has 3 rings (SSSR count). The second kappa shape index (κ2) is 9.53. The molecule has 3 aromatic rings. The predicted molar refractivity (Wildman–Crippen MR) is 119 cm³/mol. The Morgan fingerprint density at radius 3 is 1.84 bits per heavy atom. The lowest BCUT2D eigenvalue weighted by Gasteiger charge is -2.15. The lowest BCUT2D eigenvalue weighted by molar-refractivity contribution is 0.0940. The van der Waals surface area contributed by atoms with Crippen molar-refractivity contribution in [1.29, 1.82) is 0 Å². The van der Waals surface area contributed by atoms with Gasteiger partial charge < -0.3 is 14.8 Å². The molecule has 0 spiro atoms. The number of amides is 1. The molecular weight excluding hydrogens is 416 g/mol. The minimum Gasteiger partial charge on any atom is -0.497 e. The lowest BCUT2D eigenvalue weighted by Crippen LogP contribution is -2.26. The summed E-state index contributed by atoms with van der Waals surface area (Å²) in [5, 5.41) is 2.92. The smallest absolute Gasteiger partial charge is 0.261 e.